The van der Waals surface area contributed by atoms with E-state index in [4.69, 9.17) is 0 Å². The lowest BCUT2D eigenvalue weighted by Gasteiger charge is -2.07. The lowest BCUT2D eigenvalue weighted by Crippen LogP contribution is -2.20. The van der Waals surface area contributed by atoms with Crippen LogP contribution in [0, 0.1) is 0 Å². The van der Waals surface area contributed by atoms with Gasteiger partial charge in [0.05, 0.1) is 22.0 Å². The van der Waals surface area contributed by atoms with E-state index in [0.29, 0.717) is 5.39 Å². The van der Waals surface area contributed by atoms with Crippen molar-refractivity contribution < 1.29 is 0 Å². The Morgan fingerprint density at radius 2 is 2.00 bits per heavy atom. The molecule has 0 N–H and O–H groups in total. The molecule has 0 saturated heterocycles. The van der Waals surface area contributed by atoms with Gasteiger partial charge < -0.3 is 0 Å². The minimum Gasteiger partial charge on any atom is -0.267 e. The largest absolute Gasteiger partial charge is 0.280 e. The second-order valence-electron chi connectivity index (χ2n) is 4.43. The Morgan fingerprint density at radius 3 is 2.95 bits per heavy atom. The summed E-state index contributed by atoms with van der Waals surface area (Å²) in [5.74, 6) is 0. The van der Waals surface area contributed by atoms with Crippen LogP contribution in [0.2, 0.25) is 0 Å². The first-order valence-electron chi connectivity index (χ1n) is 6.13. The molecule has 0 amide bonds. The van der Waals surface area contributed by atoms with E-state index < -0.39 is 0 Å². The van der Waals surface area contributed by atoms with Crippen molar-refractivity contribution in [3.8, 4) is 5.69 Å². The number of fused-ring (bicyclic) bond motifs is 2. The van der Waals surface area contributed by atoms with E-state index in [1.807, 2.05) is 35.7 Å². The fourth-order valence-corrected chi connectivity index (χ4v) is 3.08. The van der Waals surface area contributed by atoms with Crippen molar-refractivity contribution in [1.29, 1.82) is 0 Å². The number of hydrogen-bond donors (Lipinski definition) is 0. The first-order chi connectivity index (χ1) is 9.84. The van der Waals surface area contributed by atoms with E-state index in [-0.39, 0.29) is 5.56 Å². The average Bonchev–Trinajstić information content (AvgIpc) is 2.97. The zero-order valence-electron chi connectivity index (χ0n) is 10.4. The third kappa shape index (κ3) is 1.57. The van der Waals surface area contributed by atoms with Gasteiger partial charge in [0.2, 0.25) is 0 Å². The SMILES string of the molecule is O=c1c2ccsc2cnn1-c1cccc2cnccc12. The van der Waals surface area contributed by atoms with Crippen LogP contribution >= 0.6 is 11.3 Å². The normalized spacial score (nSPS) is 11.2. The number of hydrogen-bond acceptors (Lipinski definition) is 4. The Bertz CT molecular complexity index is 982. The minimum absolute atomic E-state index is 0.0898. The van der Waals surface area contributed by atoms with Gasteiger partial charge in [-0.15, -0.1) is 11.3 Å². The molecule has 0 atom stereocenters. The molecule has 96 valence electrons. The fourth-order valence-electron chi connectivity index (χ4n) is 2.34. The number of thiophene rings is 1. The number of nitrogens with zero attached hydrogens (tertiary/aromatic N) is 3. The number of rotatable bonds is 1. The van der Waals surface area contributed by atoms with E-state index in [9.17, 15) is 4.79 Å². The van der Waals surface area contributed by atoms with Crippen molar-refractivity contribution in [2.45, 2.75) is 0 Å². The average molecular weight is 279 g/mol. The molecule has 1 aromatic carbocycles. The highest BCUT2D eigenvalue weighted by atomic mass is 32.1. The molecule has 4 rings (SSSR count). The summed E-state index contributed by atoms with van der Waals surface area (Å²) in [7, 11) is 0. The second-order valence-corrected chi connectivity index (χ2v) is 5.38. The molecule has 4 nitrogen and oxygen atoms in total. The van der Waals surface area contributed by atoms with Crippen molar-refractivity contribution in [2.24, 2.45) is 0 Å². The maximum Gasteiger partial charge on any atom is 0.280 e. The lowest BCUT2D eigenvalue weighted by atomic mass is 10.1. The van der Waals surface area contributed by atoms with Gasteiger partial charge in [0, 0.05) is 23.2 Å². The van der Waals surface area contributed by atoms with Gasteiger partial charge in [0.25, 0.3) is 5.56 Å². The van der Waals surface area contributed by atoms with Crippen LogP contribution in [0.1, 0.15) is 0 Å². The molecular weight excluding hydrogens is 270 g/mol. The fraction of sp³-hybridized carbons (Fsp3) is 0. The Balaban J connectivity index is 2.11. The maximum absolute atomic E-state index is 12.5. The Labute approximate surface area is 117 Å². The molecule has 3 aromatic heterocycles. The van der Waals surface area contributed by atoms with Crippen molar-refractivity contribution in [2.75, 3.05) is 0 Å². The summed E-state index contributed by atoms with van der Waals surface area (Å²) in [5, 5.41) is 8.86. The summed E-state index contributed by atoms with van der Waals surface area (Å²) in [6.07, 6.45) is 5.24. The summed E-state index contributed by atoms with van der Waals surface area (Å²) in [6.45, 7) is 0. The highest BCUT2D eigenvalue weighted by Gasteiger charge is 2.09. The maximum atomic E-state index is 12.5. The van der Waals surface area contributed by atoms with Crippen molar-refractivity contribution >= 4 is 32.2 Å². The molecule has 4 aromatic rings. The third-order valence-electron chi connectivity index (χ3n) is 3.29. The molecule has 5 heteroatoms. The van der Waals surface area contributed by atoms with Gasteiger partial charge >= 0.3 is 0 Å². The summed E-state index contributed by atoms with van der Waals surface area (Å²) in [4.78, 5) is 16.6. The van der Waals surface area contributed by atoms with Crippen LogP contribution in [-0.4, -0.2) is 14.8 Å². The lowest BCUT2D eigenvalue weighted by molar-refractivity contribution is 0.828. The van der Waals surface area contributed by atoms with Crippen LogP contribution in [0.15, 0.2) is 59.1 Å². The van der Waals surface area contributed by atoms with E-state index >= 15 is 0 Å². The molecule has 0 fully saturated rings. The van der Waals surface area contributed by atoms with E-state index in [0.717, 1.165) is 21.2 Å². The summed E-state index contributed by atoms with van der Waals surface area (Å²) >= 11 is 1.52. The van der Waals surface area contributed by atoms with Gasteiger partial charge in [0.15, 0.2) is 0 Å². The third-order valence-corrected chi connectivity index (χ3v) is 4.15. The highest BCUT2D eigenvalue weighted by Crippen LogP contribution is 2.21. The van der Waals surface area contributed by atoms with Gasteiger partial charge in [-0.1, -0.05) is 12.1 Å². The summed E-state index contributed by atoms with van der Waals surface area (Å²) < 4.78 is 2.37. The van der Waals surface area contributed by atoms with Gasteiger partial charge in [0.1, 0.15) is 0 Å². The predicted molar refractivity (Wildman–Crippen MR) is 80.5 cm³/mol. The molecule has 20 heavy (non-hydrogen) atoms. The van der Waals surface area contributed by atoms with Crippen molar-refractivity contribution in [1.82, 2.24) is 14.8 Å². The summed E-state index contributed by atoms with van der Waals surface area (Å²) in [6, 6.07) is 9.52. The van der Waals surface area contributed by atoms with E-state index in [2.05, 4.69) is 10.1 Å². The molecule has 0 saturated carbocycles. The molecule has 0 unspecified atom stereocenters. The number of pyridine rings is 1. The zero-order chi connectivity index (χ0) is 13.5. The van der Waals surface area contributed by atoms with Gasteiger partial charge in [-0.25, -0.2) is 0 Å². The molecule has 0 spiro atoms. The molecule has 3 heterocycles. The zero-order valence-corrected chi connectivity index (χ0v) is 11.2. The summed E-state index contributed by atoms with van der Waals surface area (Å²) in [5.41, 5.74) is 0.691. The standard InChI is InChI=1S/C15H9N3OS/c19-15-12-5-7-20-14(12)9-17-18(15)13-3-1-2-10-8-16-6-4-11(10)13/h1-9H. The topological polar surface area (TPSA) is 47.8 Å². The molecular formula is C15H9N3OS. The van der Waals surface area contributed by atoms with Gasteiger partial charge in [-0.2, -0.15) is 9.78 Å². The van der Waals surface area contributed by atoms with Crippen LogP contribution in [0.25, 0.3) is 26.5 Å². The molecule has 0 aliphatic heterocycles. The molecule has 0 aliphatic rings. The van der Waals surface area contributed by atoms with Crippen LogP contribution in [0.3, 0.4) is 0 Å². The molecule has 0 aliphatic carbocycles. The van der Waals surface area contributed by atoms with Crippen LogP contribution in [0.4, 0.5) is 0 Å². The van der Waals surface area contributed by atoms with Crippen LogP contribution in [0.5, 0.6) is 0 Å². The van der Waals surface area contributed by atoms with E-state index in [1.165, 1.54) is 16.0 Å². The monoisotopic (exact) mass is 279 g/mol. The smallest absolute Gasteiger partial charge is 0.267 e. The Hall–Kier alpha value is -2.53. The number of benzene rings is 1. The van der Waals surface area contributed by atoms with Gasteiger partial charge in [-0.3, -0.25) is 9.78 Å². The Kier molecular flexibility index (Phi) is 2.40. The first kappa shape index (κ1) is 11.3. The molecule has 0 bridgehead atoms. The van der Waals surface area contributed by atoms with Crippen LogP contribution in [-0.2, 0) is 0 Å². The highest BCUT2D eigenvalue weighted by molar-refractivity contribution is 7.17. The van der Waals surface area contributed by atoms with Gasteiger partial charge in [-0.05, 0) is 23.6 Å². The minimum atomic E-state index is -0.0898. The Morgan fingerprint density at radius 1 is 1.05 bits per heavy atom. The quantitative estimate of drug-likeness (QED) is 0.538. The van der Waals surface area contributed by atoms with Crippen molar-refractivity contribution in [3.63, 3.8) is 0 Å². The predicted octanol–water partition coefficient (Wildman–Crippen LogP) is 3.00. The van der Waals surface area contributed by atoms with Crippen molar-refractivity contribution in [3.05, 3.63) is 64.7 Å². The first-order valence-corrected chi connectivity index (χ1v) is 7.01. The number of aromatic nitrogens is 3. The second kappa shape index (κ2) is 4.25. The molecule has 0 radical (unpaired) electrons. The van der Waals surface area contributed by atoms with E-state index in [1.54, 1.807) is 18.6 Å². The van der Waals surface area contributed by atoms with Crippen LogP contribution < -0.4 is 5.56 Å².